The number of hydrogen-bond donors (Lipinski definition) is 3. The molecule has 92 valence electrons. The van der Waals surface area contributed by atoms with Crippen LogP contribution in [0.2, 0.25) is 0 Å². The number of nitrogens with one attached hydrogen (secondary N) is 1. The quantitative estimate of drug-likeness (QED) is 0.712. The van der Waals surface area contributed by atoms with Gasteiger partial charge in [-0.2, -0.15) is 0 Å². The summed E-state index contributed by atoms with van der Waals surface area (Å²) in [6.07, 6.45) is 0. The van der Waals surface area contributed by atoms with Crippen molar-refractivity contribution in [3.05, 3.63) is 53.8 Å². The molecule has 2 rings (SSSR count). The molecule has 0 radical (unpaired) electrons. The Hall–Kier alpha value is -2.56. The van der Waals surface area contributed by atoms with E-state index in [1.807, 2.05) is 0 Å². The van der Waals surface area contributed by atoms with Gasteiger partial charge >= 0.3 is 0 Å². The third-order valence-electron chi connectivity index (χ3n) is 2.40. The third kappa shape index (κ3) is 2.40. The van der Waals surface area contributed by atoms with E-state index in [4.69, 9.17) is 5.73 Å². The summed E-state index contributed by atoms with van der Waals surface area (Å²) in [7, 11) is 0. The fraction of sp³-hybridized carbons (Fsp3) is 0. The molecular formula is C13H11FN2O2. The van der Waals surface area contributed by atoms with Crippen LogP contribution in [0, 0.1) is 5.82 Å². The Kier molecular flexibility index (Phi) is 3.14. The van der Waals surface area contributed by atoms with Crippen LogP contribution < -0.4 is 11.1 Å². The molecule has 5 heteroatoms. The maximum absolute atomic E-state index is 13.2. The third-order valence-corrected chi connectivity index (χ3v) is 2.40. The van der Waals surface area contributed by atoms with Gasteiger partial charge in [-0.1, -0.05) is 12.1 Å². The van der Waals surface area contributed by atoms with Crippen LogP contribution in [-0.2, 0) is 0 Å². The monoisotopic (exact) mass is 246 g/mol. The van der Waals surface area contributed by atoms with Crippen LogP contribution in [-0.4, -0.2) is 11.0 Å². The van der Waals surface area contributed by atoms with Crippen molar-refractivity contribution >= 4 is 17.3 Å². The zero-order valence-electron chi connectivity index (χ0n) is 9.35. The minimum atomic E-state index is -0.640. The molecule has 0 unspecified atom stereocenters. The number of phenolic OH excluding ortho intramolecular Hbond substituents is 1. The predicted molar refractivity (Wildman–Crippen MR) is 66.9 cm³/mol. The van der Waals surface area contributed by atoms with Crippen LogP contribution in [0.15, 0.2) is 42.5 Å². The van der Waals surface area contributed by atoms with E-state index in [0.29, 0.717) is 5.69 Å². The zero-order valence-corrected chi connectivity index (χ0v) is 9.35. The van der Waals surface area contributed by atoms with Gasteiger partial charge in [-0.25, -0.2) is 4.39 Å². The van der Waals surface area contributed by atoms with E-state index in [2.05, 4.69) is 5.32 Å². The van der Waals surface area contributed by atoms with Crippen molar-refractivity contribution in [2.75, 3.05) is 11.1 Å². The molecule has 2 aromatic rings. The van der Waals surface area contributed by atoms with Gasteiger partial charge in [0, 0.05) is 11.8 Å². The number of halogens is 1. The lowest BCUT2D eigenvalue weighted by atomic mass is 10.1. The number of nitrogens with two attached hydrogens (primary N) is 1. The molecule has 18 heavy (non-hydrogen) atoms. The molecule has 0 heterocycles. The van der Waals surface area contributed by atoms with Crippen LogP contribution in [0.5, 0.6) is 5.75 Å². The van der Waals surface area contributed by atoms with Gasteiger partial charge in [0.25, 0.3) is 5.91 Å². The molecule has 0 saturated carbocycles. The van der Waals surface area contributed by atoms with E-state index >= 15 is 0 Å². The summed E-state index contributed by atoms with van der Waals surface area (Å²) in [5.74, 6) is -1.14. The molecule has 0 atom stereocenters. The van der Waals surface area contributed by atoms with Crippen molar-refractivity contribution in [1.29, 1.82) is 0 Å². The standard InChI is InChI=1S/C13H11FN2O2/c14-11-6-2-5-10(12(11)15)13(18)16-8-3-1-4-9(17)7-8/h1-7,17H,15H2,(H,16,18). The van der Waals surface area contributed by atoms with Crippen LogP contribution in [0.3, 0.4) is 0 Å². The predicted octanol–water partition coefficient (Wildman–Crippen LogP) is 2.37. The number of carbonyl (C=O) groups excluding carboxylic acids is 1. The Morgan fingerprint density at radius 1 is 1.22 bits per heavy atom. The zero-order chi connectivity index (χ0) is 13.1. The SMILES string of the molecule is Nc1c(F)cccc1C(=O)Nc1cccc(O)c1. The molecule has 0 aliphatic heterocycles. The highest BCUT2D eigenvalue weighted by molar-refractivity contribution is 6.07. The first-order chi connectivity index (χ1) is 8.58. The number of rotatable bonds is 2. The molecule has 1 amide bonds. The van der Waals surface area contributed by atoms with E-state index in [-0.39, 0.29) is 17.0 Å². The Morgan fingerprint density at radius 2 is 1.94 bits per heavy atom. The van der Waals surface area contributed by atoms with Gasteiger partial charge in [0.1, 0.15) is 11.6 Å². The molecule has 2 aromatic carbocycles. The molecule has 4 N–H and O–H groups in total. The number of hydrogen-bond acceptors (Lipinski definition) is 3. The molecule has 0 saturated heterocycles. The number of amides is 1. The summed E-state index contributed by atoms with van der Waals surface area (Å²) in [4.78, 5) is 11.9. The topological polar surface area (TPSA) is 75.4 Å². The van der Waals surface area contributed by atoms with E-state index in [1.165, 1.54) is 30.3 Å². The summed E-state index contributed by atoms with van der Waals surface area (Å²) in [5.41, 5.74) is 5.74. The number of phenols is 1. The lowest BCUT2D eigenvalue weighted by Gasteiger charge is -2.08. The van der Waals surface area contributed by atoms with Gasteiger partial charge in [-0.3, -0.25) is 4.79 Å². The normalized spacial score (nSPS) is 10.1. The highest BCUT2D eigenvalue weighted by Gasteiger charge is 2.12. The first-order valence-corrected chi connectivity index (χ1v) is 5.22. The van der Waals surface area contributed by atoms with Crippen molar-refractivity contribution in [3.8, 4) is 5.75 Å². The highest BCUT2D eigenvalue weighted by Crippen LogP contribution is 2.19. The summed E-state index contributed by atoms with van der Waals surface area (Å²) in [6, 6.07) is 10.1. The second-order valence-corrected chi connectivity index (χ2v) is 3.71. The molecular weight excluding hydrogens is 235 g/mol. The van der Waals surface area contributed by atoms with Gasteiger partial charge in [0.05, 0.1) is 11.3 Å². The number of anilines is 2. The number of para-hydroxylation sites is 1. The lowest BCUT2D eigenvalue weighted by Crippen LogP contribution is -2.14. The van der Waals surface area contributed by atoms with Gasteiger partial charge < -0.3 is 16.2 Å². The van der Waals surface area contributed by atoms with Gasteiger partial charge in [0.15, 0.2) is 0 Å². The van der Waals surface area contributed by atoms with Gasteiger partial charge in [-0.05, 0) is 24.3 Å². The first-order valence-electron chi connectivity index (χ1n) is 5.22. The largest absolute Gasteiger partial charge is 0.508 e. The van der Waals surface area contributed by atoms with Crippen molar-refractivity contribution in [2.45, 2.75) is 0 Å². The van der Waals surface area contributed by atoms with Gasteiger partial charge in [-0.15, -0.1) is 0 Å². The number of aromatic hydroxyl groups is 1. The summed E-state index contributed by atoms with van der Waals surface area (Å²) >= 11 is 0. The summed E-state index contributed by atoms with van der Waals surface area (Å²) in [5, 5.41) is 11.8. The van der Waals surface area contributed by atoms with E-state index in [1.54, 1.807) is 12.1 Å². The van der Waals surface area contributed by atoms with Crippen LogP contribution in [0.4, 0.5) is 15.8 Å². The van der Waals surface area contributed by atoms with Crippen molar-refractivity contribution in [1.82, 2.24) is 0 Å². The molecule has 0 aliphatic carbocycles. The lowest BCUT2D eigenvalue weighted by molar-refractivity contribution is 0.102. The second-order valence-electron chi connectivity index (χ2n) is 3.71. The Bertz CT molecular complexity index is 599. The fourth-order valence-corrected chi connectivity index (χ4v) is 1.52. The van der Waals surface area contributed by atoms with Crippen molar-refractivity contribution in [3.63, 3.8) is 0 Å². The number of benzene rings is 2. The summed E-state index contributed by atoms with van der Waals surface area (Å²) < 4.78 is 13.2. The summed E-state index contributed by atoms with van der Waals surface area (Å²) in [6.45, 7) is 0. The maximum atomic E-state index is 13.2. The van der Waals surface area contributed by atoms with Crippen LogP contribution in [0.25, 0.3) is 0 Å². The molecule has 0 spiro atoms. The van der Waals surface area contributed by atoms with Crippen molar-refractivity contribution in [2.24, 2.45) is 0 Å². The average molecular weight is 246 g/mol. The van der Waals surface area contributed by atoms with Crippen molar-refractivity contribution < 1.29 is 14.3 Å². The minimum absolute atomic E-state index is 0.0278. The van der Waals surface area contributed by atoms with E-state index in [9.17, 15) is 14.3 Å². The highest BCUT2D eigenvalue weighted by atomic mass is 19.1. The first kappa shape index (κ1) is 11.9. The smallest absolute Gasteiger partial charge is 0.257 e. The van der Waals surface area contributed by atoms with E-state index < -0.39 is 11.7 Å². The Labute approximate surface area is 103 Å². The molecule has 0 fully saturated rings. The Morgan fingerprint density at radius 3 is 2.67 bits per heavy atom. The maximum Gasteiger partial charge on any atom is 0.257 e. The van der Waals surface area contributed by atoms with Crippen LogP contribution in [0.1, 0.15) is 10.4 Å². The van der Waals surface area contributed by atoms with E-state index in [0.717, 1.165) is 0 Å². The number of nitrogen functional groups attached to an aromatic ring is 1. The minimum Gasteiger partial charge on any atom is -0.508 e. The molecule has 4 nitrogen and oxygen atoms in total. The molecule has 0 aromatic heterocycles. The second kappa shape index (κ2) is 4.75. The molecule has 0 aliphatic rings. The Balaban J connectivity index is 2.25. The molecule has 0 bridgehead atoms. The average Bonchev–Trinajstić information content (AvgIpc) is 2.32. The number of carbonyl (C=O) groups is 1. The fourth-order valence-electron chi connectivity index (χ4n) is 1.52. The van der Waals surface area contributed by atoms with Gasteiger partial charge in [0.2, 0.25) is 0 Å². The van der Waals surface area contributed by atoms with Crippen LogP contribution >= 0.6 is 0 Å².